The zero-order valence-corrected chi connectivity index (χ0v) is 12.7. The van der Waals surface area contributed by atoms with E-state index in [1.807, 2.05) is 0 Å². The van der Waals surface area contributed by atoms with E-state index in [1.54, 1.807) is 19.0 Å². The third-order valence-corrected chi connectivity index (χ3v) is 3.25. The van der Waals surface area contributed by atoms with Gasteiger partial charge in [-0.25, -0.2) is 0 Å². The second kappa shape index (κ2) is 6.83. The van der Waals surface area contributed by atoms with Crippen molar-refractivity contribution in [3.05, 3.63) is 27.3 Å². The summed E-state index contributed by atoms with van der Waals surface area (Å²) in [6.45, 7) is 2.92. The molecule has 0 atom stereocenters. The van der Waals surface area contributed by atoms with Crippen LogP contribution in [0.1, 0.15) is 18.4 Å². The number of halogens is 1. The van der Waals surface area contributed by atoms with E-state index in [0.29, 0.717) is 6.42 Å². The molecule has 0 radical (unpaired) electrons. The van der Waals surface area contributed by atoms with Crippen molar-refractivity contribution in [2.45, 2.75) is 19.8 Å². The predicted octanol–water partition coefficient (Wildman–Crippen LogP) is 2.88. The average Bonchev–Trinajstić information content (AvgIpc) is 2.28. The van der Waals surface area contributed by atoms with Gasteiger partial charge in [0.05, 0.1) is 0 Å². The van der Waals surface area contributed by atoms with E-state index in [4.69, 9.17) is 0 Å². The molecule has 1 aromatic rings. The second-order valence-corrected chi connectivity index (χ2v) is 5.52. The lowest BCUT2D eigenvalue weighted by molar-refractivity contribution is -0.128. The monoisotopic (exact) mass is 346 g/mol. The normalized spacial score (nSPS) is 10.1. The van der Waals surface area contributed by atoms with E-state index in [-0.39, 0.29) is 5.91 Å². The molecular weight excluding hydrogens is 327 g/mol. The Balaban J connectivity index is 2.36. The van der Waals surface area contributed by atoms with Gasteiger partial charge < -0.3 is 10.2 Å². The summed E-state index contributed by atoms with van der Waals surface area (Å²) in [5, 5.41) is 3.37. The Bertz CT molecular complexity index is 391. The first-order chi connectivity index (χ1) is 8.00. The Morgan fingerprint density at radius 1 is 1.41 bits per heavy atom. The highest BCUT2D eigenvalue weighted by atomic mass is 127. The first-order valence-corrected chi connectivity index (χ1v) is 6.79. The van der Waals surface area contributed by atoms with Crippen molar-refractivity contribution >= 4 is 34.2 Å². The van der Waals surface area contributed by atoms with Crippen LogP contribution in [0.25, 0.3) is 0 Å². The van der Waals surface area contributed by atoms with Crippen LogP contribution in [-0.4, -0.2) is 31.4 Å². The van der Waals surface area contributed by atoms with Crippen LogP contribution in [-0.2, 0) is 4.79 Å². The van der Waals surface area contributed by atoms with E-state index < -0.39 is 0 Å². The molecule has 0 spiro atoms. The predicted molar refractivity (Wildman–Crippen MR) is 80.3 cm³/mol. The smallest absolute Gasteiger partial charge is 0.222 e. The molecule has 0 heterocycles. The summed E-state index contributed by atoms with van der Waals surface area (Å²) in [5.74, 6) is 0.186. The number of carbonyl (C=O) groups excluding carboxylic acids is 1. The van der Waals surface area contributed by atoms with Gasteiger partial charge in [-0.1, -0.05) is 6.07 Å². The van der Waals surface area contributed by atoms with Gasteiger partial charge in [-0.05, 0) is 53.6 Å². The third kappa shape index (κ3) is 4.93. The van der Waals surface area contributed by atoms with Crippen molar-refractivity contribution < 1.29 is 4.79 Å². The van der Waals surface area contributed by atoms with Crippen molar-refractivity contribution in [2.75, 3.05) is 26.0 Å². The fraction of sp³-hybridized carbons (Fsp3) is 0.462. The van der Waals surface area contributed by atoms with Gasteiger partial charge in [-0.15, -0.1) is 0 Å². The van der Waals surface area contributed by atoms with Crippen LogP contribution in [0.2, 0.25) is 0 Å². The molecule has 1 N–H and O–H groups in total. The number of nitrogens with zero attached hydrogens (tertiary/aromatic N) is 1. The van der Waals surface area contributed by atoms with Crippen molar-refractivity contribution in [2.24, 2.45) is 0 Å². The molecule has 1 amide bonds. The van der Waals surface area contributed by atoms with Crippen molar-refractivity contribution in [3.63, 3.8) is 0 Å². The van der Waals surface area contributed by atoms with Crippen molar-refractivity contribution in [1.82, 2.24) is 4.90 Å². The minimum Gasteiger partial charge on any atom is -0.385 e. The molecule has 0 aliphatic carbocycles. The number of hydrogen-bond donors (Lipinski definition) is 1. The summed E-state index contributed by atoms with van der Waals surface area (Å²) in [6.07, 6.45) is 1.46. The quantitative estimate of drug-likeness (QED) is 0.657. The first-order valence-electron chi connectivity index (χ1n) is 5.71. The maximum Gasteiger partial charge on any atom is 0.222 e. The lowest BCUT2D eigenvalue weighted by atomic mass is 10.2. The van der Waals surface area contributed by atoms with Gasteiger partial charge in [0.1, 0.15) is 0 Å². The third-order valence-electron chi connectivity index (χ3n) is 2.58. The number of benzene rings is 1. The van der Waals surface area contributed by atoms with Crippen LogP contribution >= 0.6 is 22.6 Å². The molecule has 1 rings (SSSR count). The lowest BCUT2D eigenvalue weighted by Crippen LogP contribution is -2.22. The molecule has 0 unspecified atom stereocenters. The maximum atomic E-state index is 11.4. The molecule has 4 heteroatoms. The summed E-state index contributed by atoms with van der Waals surface area (Å²) in [6, 6.07) is 6.33. The number of hydrogen-bond acceptors (Lipinski definition) is 2. The van der Waals surface area contributed by atoms with Gasteiger partial charge in [-0.2, -0.15) is 0 Å². The van der Waals surface area contributed by atoms with E-state index in [1.165, 1.54) is 9.13 Å². The summed E-state index contributed by atoms with van der Waals surface area (Å²) in [4.78, 5) is 13.0. The summed E-state index contributed by atoms with van der Waals surface area (Å²) < 4.78 is 1.22. The summed E-state index contributed by atoms with van der Waals surface area (Å²) in [7, 11) is 3.58. The molecule has 0 aliphatic rings. The van der Waals surface area contributed by atoms with Gasteiger partial charge >= 0.3 is 0 Å². The SMILES string of the molecule is Cc1ccc(I)cc1NCCCC(=O)N(C)C. The van der Waals surface area contributed by atoms with Crippen LogP contribution in [0.4, 0.5) is 5.69 Å². The molecule has 0 aliphatic heterocycles. The van der Waals surface area contributed by atoms with E-state index in [0.717, 1.165) is 18.7 Å². The van der Waals surface area contributed by atoms with Crippen LogP contribution in [0.3, 0.4) is 0 Å². The molecule has 17 heavy (non-hydrogen) atoms. The Hall–Kier alpha value is -0.780. The van der Waals surface area contributed by atoms with Crippen LogP contribution < -0.4 is 5.32 Å². The number of nitrogens with one attached hydrogen (secondary N) is 1. The summed E-state index contributed by atoms with van der Waals surface area (Å²) >= 11 is 2.30. The number of aryl methyl sites for hydroxylation is 1. The molecule has 0 saturated carbocycles. The van der Waals surface area contributed by atoms with Crippen molar-refractivity contribution in [3.8, 4) is 0 Å². The number of anilines is 1. The molecule has 1 aromatic carbocycles. The van der Waals surface area contributed by atoms with E-state index >= 15 is 0 Å². The molecule has 0 aromatic heterocycles. The highest BCUT2D eigenvalue weighted by Gasteiger charge is 2.03. The minimum atomic E-state index is 0.186. The molecule has 0 saturated heterocycles. The Morgan fingerprint density at radius 3 is 2.76 bits per heavy atom. The van der Waals surface area contributed by atoms with Crippen molar-refractivity contribution in [1.29, 1.82) is 0 Å². The highest BCUT2D eigenvalue weighted by molar-refractivity contribution is 14.1. The fourth-order valence-corrected chi connectivity index (χ4v) is 1.96. The number of amides is 1. The van der Waals surface area contributed by atoms with Gasteiger partial charge in [0, 0.05) is 36.3 Å². The maximum absolute atomic E-state index is 11.4. The van der Waals surface area contributed by atoms with Gasteiger partial charge in [0.15, 0.2) is 0 Å². The number of carbonyl (C=O) groups is 1. The van der Waals surface area contributed by atoms with Crippen LogP contribution in [0, 0.1) is 10.5 Å². The summed E-state index contributed by atoms with van der Waals surface area (Å²) in [5.41, 5.74) is 2.40. The van der Waals surface area contributed by atoms with Gasteiger partial charge in [-0.3, -0.25) is 4.79 Å². The minimum absolute atomic E-state index is 0.186. The molecule has 3 nitrogen and oxygen atoms in total. The first kappa shape index (κ1) is 14.3. The Labute approximate surface area is 117 Å². The highest BCUT2D eigenvalue weighted by Crippen LogP contribution is 2.18. The van der Waals surface area contributed by atoms with E-state index in [2.05, 4.69) is 53.0 Å². The largest absolute Gasteiger partial charge is 0.385 e. The zero-order chi connectivity index (χ0) is 12.8. The van der Waals surface area contributed by atoms with Gasteiger partial charge in [0.25, 0.3) is 0 Å². The van der Waals surface area contributed by atoms with Crippen LogP contribution in [0.15, 0.2) is 18.2 Å². The average molecular weight is 346 g/mol. The number of rotatable bonds is 5. The van der Waals surface area contributed by atoms with E-state index in [9.17, 15) is 4.79 Å². The molecule has 0 bridgehead atoms. The zero-order valence-electron chi connectivity index (χ0n) is 10.6. The van der Waals surface area contributed by atoms with Gasteiger partial charge in [0.2, 0.25) is 5.91 Å². The Morgan fingerprint density at radius 2 is 2.12 bits per heavy atom. The lowest BCUT2D eigenvalue weighted by Gasteiger charge is -2.12. The molecule has 94 valence electrons. The Kier molecular flexibility index (Phi) is 5.74. The van der Waals surface area contributed by atoms with Crippen LogP contribution in [0.5, 0.6) is 0 Å². The second-order valence-electron chi connectivity index (χ2n) is 4.28. The standard InChI is InChI=1S/C13H19IN2O/c1-10-6-7-11(14)9-12(10)15-8-4-5-13(17)16(2)3/h6-7,9,15H,4-5,8H2,1-3H3. The topological polar surface area (TPSA) is 32.3 Å². The molecular formula is C13H19IN2O. The fourth-order valence-electron chi connectivity index (χ4n) is 1.47. The molecule has 0 fully saturated rings.